The smallest absolute Gasteiger partial charge is 0.241 e. The molecule has 1 unspecified atom stereocenters. The molecule has 0 heterocycles. The maximum Gasteiger partial charge on any atom is 0.241 e. The molecule has 1 rings (SSSR count). The number of hydrogen-bond donors (Lipinski definition) is 3. The van der Waals surface area contributed by atoms with Crippen molar-refractivity contribution in [1.82, 2.24) is 15.4 Å². The van der Waals surface area contributed by atoms with E-state index in [1.807, 2.05) is 20.8 Å². The van der Waals surface area contributed by atoms with Gasteiger partial charge in [-0.2, -0.15) is 4.72 Å². The average molecular weight is 370 g/mol. The fourth-order valence-corrected chi connectivity index (χ4v) is 3.56. The van der Waals surface area contributed by atoms with E-state index in [4.69, 9.17) is 0 Å². The van der Waals surface area contributed by atoms with E-state index in [2.05, 4.69) is 22.3 Å². The van der Waals surface area contributed by atoms with Gasteiger partial charge in [0, 0.05) is 13.1 Å². The van der Waals surface area contributed by atoms with Gasteiger partial charge < -0.3 is 10.6 Å². The summed E-state index contributed by atoms with van der Waals surface area (Å²) in [4.78, 5) is 12.6. The molecule has 7 heteroatoms. The van der Waals surface area contributed by atoms with Crippen molar-refractivity contribution in [3.8, 4) is 0 Å². The fraction of sp³-hybridized carbons (Fsp3) is 0.611. The summed E-state index contributed by atoms with van der Waals surface area (Å²) in [5.41, 5.74) is 0.981. The van der Waals surface area contributed by atoms with Crippen molar-refractivity contribution >= 4 is 15.9 Å². The first-order valence-electron chi connectivity index (χ1n) is 8.83. The van der Waals surface area contributed by atoms with Gasteiger partial charge in [-0.15, -0.1) is 0 Å². The zero-order valence-corrected chi connectivity index (χ0v) is 16.4. The molecule has 0 aliphatic heterocycles. The van der Waals surface area contributed by atoms with Gasteiger partial charge in [-0.1, -0.05) is 38.5 Å². The van der Waals surface area contributed by atoms with Gasteiger partial charge in [0.05, 0.1) is 4.90 Å². The molecule has 3 N–H and O–H groups in total. The molecule has 0 aromatic heterocycles. The number of benzene rings is 1. The van der Waals surface area contributed by atoms with Crippen LogP contribution in [0.25, 0.3) is 0 Å². The molecule has 6 nitrogen and oxygen atoms in total. The Kier molecular flexibility index (Phi) is 9.10. The van der Waals surface area contributed by atoms with Crippen molar-refractivity contribution in [2.75, 3.05) is 19.6 Å². The molecule has 1 aromatic carbocycles. The summed E-state index contributed by atoms with van der Waals surface area (Å²) in [6.45, 7) is 9.92. The van der Waals surface area contributed by atoms with Crippen LogP contribution in [0.4, 0.5) is 0 Å². The molecule has 0 aliphatic rings. The highest BCUT2D eigenvalue weighted by Crippen LogP contribution is 2.13. The molecule has 0 spiro atoms. The van der Waals surface area contributed by atoms with Gasteiger partial charge in [0.25, 0.3) is 0 Å². The SMILES string of the molecule is CCCNCCNC(=O)C(CC(C)C)NS(=O)(=O)c1ccc(C)cc1. The van der Waals surface area contributed by atoms with Crippen LogP contribution in [0, 0.1) is 12.8 Å². The summed E-state index contributed by atoms with van der Waals surface area (Å²) < 4.78 is 27.7. The van der Waals surface area contributed by atoms with Gasteiger partial charge in [0.2, 0.25) is 15.9 Å². The van der Waals surface area contributed by atoms with E-state index in [1.165, 1.54) is 0 Å². The Morgan fingerprint density at radius 3 is 2.28 bits per heavy atom. The van der Waals surface area contributed by atoms with Crippen LogP contribution in [-0.2, 0) is 14.8 Å². The minimum atomic E-state index is -3.73. The highest BCUT2D eigenvalue weighted by atomic mass is 32.2. The molecule has 1 aromatic rings. The Labute approximate surface area is 151 Å². The van der Waals surface area contributed by atoms with E-state index in [1.54, 1.807) is 24.3 Å². The Morgan fingerprint density at radius 2 is 1.72 bits per heavy atom. The molecule has 25 heavy (non-hydrogen) atoms. The van der Waals surface area contributed by atoms with E-state index in [0.717, 1.165) is 18.5 Å². The summed E-state index contributed by atoms with van der Waals surface area (Å²) >= 11 is 0. The number of carbonyl (C=O) groups is 1. The summed E-state index contributed by atoms with van der Waals surface area (Å²) in [6.07, 6.45) is 1.47. The first kappa shape index (κ1) is 21.6. The summed E-state index contributed by atoms with van der Waals surface area (Å²) in [7, 11) is -3.73. The normalized spacial score (nSPS) is 13.0. The highest BCUT2D eigenvalue weighted by Gasteiger charge is 2.26. The van der Waals surface area contributed by atoms with Gasteiger partial charge in [0.15, 0.2) is 0 Å². The number of hydrogen-bond acceptors (Lipinski definition) is 4. The molecule has 0 fully saturated rings. The maximum atomic E-state index is 12.6. The van der Waals surface area contributed by atoms with Gasteiger partial charge >= 0.3 is 0 Å². The van der Waals surface area contributed by atoms with E-state index in [0.29, 0.717) is 19.5 Å². The number of aryl methyl sites for hydroxylation is 1. The Hall–Kier alpha value is -1.44. The molecule has 0 saturated heterocycles. The third kappa shape index (κ3) is 7.98. The fourth-order valence-electron chi connectivity index (χ4n) is 2.35. The lowest BCUT2D eigenvalue weighted by atomic mass is 10.0. The van der Waals surface area contributed by atoms with Crippen molar-refractivity contribution in [2.45, 2.75) is 51.5 Å². The van der Waals surface area contributed by atoms with Gasteiger partial charge in [-0.05, 0) is 44.4 Å². The van der Waals surface area contributed by atoms with Gasteiger partial charge in [-0.3, -0.25) is 4.79 Å². The third-order valence-corrected chi connectivity index (χ3v) is 5.17. The number of carbonyl (C=O) groups excluding carboxylic acids is 1. The van der Waals surface area contributed by atoms with Crippen molar-refractivity contribution in [3.05, 3.63) is 29.8 Å². The van der Waals surface area contributed by atoms with Gasteiger partial charge in [-0.25, -0.2) is 8.42 Å². The van der Waals surface area contributed by atoms with E-state index in [-0.39, 0.29) is 16.7 Å². The first-order chi connectivity index (χ1) is 11.8. The number of amides is 1. The highest BCUT2D eigenvalue weighted by molar-refractivity contribution is 7.89. The van der Waals surface area contributed by atoms with Crippen molar-refractivity contribution < 1.29 is 13.2 Å². The van der Waals surface area contributed by atoms with Crippen LogP contribution in [0.5, 0.6) is 0 Å². The first-order valence-corrected chi connectivity index (χ1v) is 10.3. The molecule has 0 saturated carbocycles. The van der Waals surface area contributed by atoms with Crippen LogP contribution in [0.2, 0.25) is 0 Å². The predicted molar refractivity (Wildman–Crippen MR) is 101 cm³/mol. The largest absolute Gasteiger partial charge is 0.353 e. The minimum absolute atomic E-state index is 0.171. The predicted octanol–water partition coefficient (Wildman–Crippen LogP) is 1.80. The summed E-state index contributed by atoms with van der Waals surface area (Å²) in [5, 5.41) is 6.00. The lowest BCUT2D eigenvalue weighted by molar-refractivity contribution is -0.123. The van der Waals surface area contributed by atoms with Crippen LogP contribution >= 0.6 is 0 Å². The number of nitrogens with one attached hydrogen (secondary N) is 3. The van der Waals surface area contributed by atoms with Crippen molar-refractivity contribution in [3.63, 3.8) is 0 Å². The topological polar surface area (TPSA) is 87.3 Å². The molecule has 142 valence electrons. The zero-order valence-electron chi connectivity index (χ0n) is 15.6. The molecule has 0 radical (unpaired) electrons. The monoisotopic (exact) mass is 369 g/mol. The maximum absolute atomic E-state index is 12.6. The Morgan fingerprint density at radius 1 is 1.08 bits per heavy atom. The Balaban J connectivity index is 2.74. The van der Waals surface area contributed by atoms with Crippen LogP contribution in [0.3, 0.4) is 0 Å². The quantitative estimate of drug-likeness (QED) is 0.519. The minimum Gasteiger partial charge on any atom is -0.353 e. The van der Waals surface area contributed by atoms with Crippen LogP contribution < -0.4 is 15.4 Å². The van der Waals surface area contributed by atoms with E-state index < -0.39 is 16.1 Å². The van der Waals surface area contributed by atoms with Crippen molar-refractivity contribution in [1.29, 1.82) is 0 Å². The number of rotatable bonds is 11. The molecular weight excluding hydrogens is 338 g/mol. The lowest BCUT2D eigenvalue weighted by Gasteiger charge is -2.20. The molecular formula is C18H31N3O3S. The van der Waals surface area contributed by atoms with Gasteiger partial charge in [0.1, 0.15) is 6.04 Å². The molecule has 1 atom stereocenters. The van der Waals surface area contributed by atoms with Crippen LogP contribution in [0.15, 0.2) is 29.2 Å². The van der Waals surface area contributed by atoms with E-state index in [9.17, 15) is 13.2 Å². The van der Waals surface area contributed by atoms with E-state index >= 15 is 0 Å². The second kappa shape index (κ2) is 10.5. The Bertz CT molecular complexity index is 627. The standard InChI is InChI=1S/C18H31N3O3S/c1-5-10-19-11-12-20-18(22)17(13-14(2)3)21-25(23,24)16-8-6-15(4)7-9-16/h6-9,14,17,19,21H,5,10-13H2,1-4H3,(H,20,22). The zero-order chi connectivity index (χ0) is 18.9. The summed E-state index contributed by atoms with van der Waals surface area (Å²) in [6, 6.07) is 5.81. The molecule has 0 aliphatic carbocycles. The van der Waals surface area contributed by atoms with Crippen LogP contribution in [-0.4, -0.2) is 40.0 Å². The second-order valence-electron chi connectivity index (χ2n) is 6.66. The second-order valence-corrected chi connectivity index (χ2v) is 8.37. The van der Waals surface area contributed by atoms with Crippen molar-refractivity contribution in [2.24, 2.45) is 5.92 Å². The lowest BCUT2D eigenvalue weighted by Crippen LogP contribution is -2.48. The summed E-state index contributed by atoms with van der Waals surface area (Å²) in [5.74, 6) is -0.0997. The average Bonchev–Trinajstić information content (AvgIpc) is 2.53. The number of sulfonamides is 1. The molecule has 1 amide bonds. The van der Waals surface area contributed by atoms with Crippen LogP contribution in [0.1, 0.15) is 39.2 Å². The molecule has 0 bridgehead atoms. The third-order valence-electron chi connectivity index (χ3n) is 3.68.